The molecule has 0 aliphatic heterocycles. The summed E-state index contributed by atoms with van der Waals surface area (Å²) in [6, 6.07) is 7.76. The number of fused-ring (bicyclic) bond motifs is 1. The Bertz CT molecular complexity index is 1210. The summed E-state index contributed by atoms with van der Waals surface area (Å²) in [7, 11) is 1.64. The number of hydrogen-bond acceptors (Lipinski definition) is 7. The summed E-state index contributed by atoms with van der Waals surface area (Å²) >= 11 is 3.88. The Balaban J connectivity index is 1.42. The average molecular weight is 433 g/mol. The minimum absolute atomic E-state index is 0.0998. The molecule has 1 N–H and O–H groups in total. The predicted molar refractivity (Wildman–Crippen MR) is 112 cm³/mol. The SMILES string of the molecule is Cn1c(SCC(=O)Nc2nc(-c3ccc(F)cc3)cs2)nc2sccc2c1=O. The van der Waals surface area contributed by atoms with Gasteiger partial charge in [-0.15, -0.1) is 22.7 Å². The molecule has 0 unspecified atom stereocenters. The molecule has 1 amide bonds. The number of aromatic nitrogens is 3. The summed E-state index contributed by atoms with van der Waals surface area (Å²) in [5.41, 5.74) is 1.31. The molecule has 0 fully saturated rings. The molecule has 4 rings (SSSR count). The Hall–Kier alpha value is -2.56. The number of thioether (sulfide) groups is 1. The van der Waals surface area contributed by atoms with Crippen molar-refractivity contribution in [2.45, 2.75) is 5.16 Å². The molecule has 0 atom stereocenters. The van der Waals surface area contributed by atoms with Gasteiger partial charge in [0.2, 0.25) is 5.91 Å². The molecule has 4 aromatic rings. The highest BCUT2D eigenvalue weighted by atomic mass is 32.2. The van der Waals surface area contributed by atoms with Crippen LogP contribution in [0.25, 0.3) is 21.5 Å². The zero-order valence-corrected chi connectivity index (χ0v) is 17.0. The standard InChI is InChI=1S/C18H13FN4O2S3/c1-23-16(25)12-6-7-26-15(12)22-18(23)28-9-14(24)21-17-20-13(8-27-17)10-2-4-11(19)5-3-10/h2-8H,9H2,1H3,(H,20,21,24). The molecule has 0 bridgehead atoms. The second-order valence-corrected chi connectivity index (χ2v) is 8.47. The molecule has 142 valence electrons. The highest BCUT2D eigenvalue weighted by Crippen LogP contribution is 2.25. The van der Waals surface area contributed by atoms with E-state index in [2.05, 4.69) is 15.3 Å². The monoisotopic (exact) mass is 432 g/mol. The number of nitrogens with zero attached hydrogens (tertiary/aromatic N) is 3. The largest absolute Gasteiger partial charge is 0.301 e. The Morgan fingerprint density at radius 2 is 2.00 bits per heavy atom. The van der Waals surface area contributed by atoms with Gasteiger partial charge in [-0.3, -0.25) is 14.2 Å². The van der Waals surface area contributed by atoms with Gasteiger partial charge in [0.25, 0.3) is 5.56 Å². The average Bonchev–Trinajstić information content (AvgIpc) is 3.34. The summed E-state index contributed by atoms with van der Waals surface area (Å²) in [5, 5.41) is 7.89. The molecular weight excluding hydrogens is 419 g/mol. The molecule has 0 saturated heterocycles. The van der Waals surface area contributed by atoms with Gasteiger partial charge in [-0.1, -0.05) is 11.8 Å². The number of amides is 1. The third-order valence-corrected chi connectivity index (χ3v) is 6.48. The Kier molecular flexibility index (Phi) is 5.25. The second-order valence-electron chi connectivity index (χ2n) is 5.78. The molecule has 0 spiro atoms. The fourth-order valence-electron chi connectivity index (χ4n) is 2.48. The lowest BCUT2D eigenvalue weighted by Gasteiger charge is -2.06. The number of thiophene rings is 1. The van der Waals surface area contributed by atoms with E-state index in [1.807, 2.05) is 5.38 Å². The Labute approximate surface area is 171 Å². The molecule has 3 heterocycles. The molecule has 10 heteroatoms. The summed E-state index contributed by atoms with van der Waals surface area (Å²) in [5.74, 6) is -0.457. The van der Waals surface area contributed by atoms with E-state index in [0.717, 1.165) is 5.56 Å². The number of nitrogens with one attached hydrogen (secondary N) is 1. The van der Waals surface area contributed by atoms with Gasteiger partial charge in [-0.2, -0.15) is 0 Å². The number of benzene rings is 1. The highest BCUT2D eigenvalue weighted by molar-refractivity contribution is 7.99. The maximum Gasteiger partial charge on any atom is 0.262 e. The number of carbonyl (C=O) groups excluding carboxylic acids is 1. The Morgan fingerprint density at radius 3 is 2.79 bits per heavy atom. The molecule has 28 heavy (non-hydrogen) atoms. The van der Waals surface area contributed by atoms with Crippen LogP contribution >= 0.6 is 34.4 Å². The van der Waals surface area contributed by atoms with E-state index in [-0.39, 0.29) is 23.0 Å². The zero-order valence-electron chi connectivity index (χ0n) is 14.5. The highest BCUT2D eigenvalue weighted by Gasteiger charge is 2.13. The lowest BCUT2D eigenvalue weighted by atomic mass is 10.2. The number of hydrogen-bond donors (Lipinski definition) is 1. The maximum atomic E-state index is 13.0. The third kappa shape index (κ3) is 3.84. The van der Waals surface area contributed by atoms with Gasteiger partial charge in [-0.05, 0) is 35.7 Å². The van der Waals surface area contributed by atoms with E-state index < -0.39 is 0 Å². The van der Waals surface area contributed by atoms with Crippen molar-refractivity contribution in [1.29, 1.82) is 0 Å². The van der Waals surface area contributed by atoms with Gasteiger partial charge in [0.15, 0.2) is 10.3 Å². The van der Waals surface area contributed by atoms with Crippen LogP contribution in [0.3, 0.4) is 0 Å². The summed E-state index contributed by atoms with van der Waals surface area (Å²) in [6.45, 7) is 0. The van der Waals surface area contributed by atoms with Crippen molar-refractivity contribution in [3.8, 4) is 11.3 Å². The molecule has 0 aliphatic carbocycles. The molecule has 6 nitrogen and oxygen atoms in total. The first-order valence-corrected chi connectivity index (χ1v) is 10.8. The van der Waals surface area contributed by atoms with Crippen molar-refractivity contribution in [3.63, 3.8) is 0 Å². The van der Waals surface area contributed by atoms with Crippen LogP contribution in [0.15, 0.2) is 51.0 Å². The van der Waals surface area contributed by atoms with Crippen LogP contribution in [-0.4, -0.2) is 26.2 Å². The molecule has 0 aliphatic rings. The topological polar surface area (TPSA) is 76.9 Å². The van der Waals surface area contributed by atoms with Crippen molar-refractivity contribution in [1.82, 2.24) is 14.5 Å². The third-order valence-electron chi connectivity index (χ3n) is 3.89. The maximum absolute atomic E-state index is 13.0. The second kappa shape index (κ2) is 7.82. The number of carbonyl (C=O) groups is 1. The van der Waals surface area contributed by atoms with E-state index >= 15 is 0 Å². The molecular formula is C18H13FN4O2S3. The number of rotatable bonds is 5. The van der Waals surface area contributed by atoms with E-state index in [1.165, 1.54) is 51.1 Å². The van der Waals surface area contributed by atoms with E-state index in [0.29, 0.717) is 26.2 Å². The fourth-order valence-corrected chi connectivity index (χ4v) is 4.79. The zero-order chi connectivity index (χ0) is 19.7. The number of anilines is 1. The van der Waals surface area contributed by atoms with Crippen LogP contribution in [-0.2, 0) is 11.8 Å². The lowest BCUT2D eigenvalue weighted by Crippen LogP contribution is -2.20. The molecule has 0 radical (unpaired) electrons. The van der Waals surface area contributed by atoms with Crippen molar-refractivity contribution in [2.75, 3.05) is 11.1 Å². The van der Waals surface area contributed by atoms with E-state index in [4.69, 9.17) is 0 Å². The van der Waals surface area contributed by atoms with Crippen LogP contribution in [0.5, 0.6) is 0 Å². The van der Waals surface area contributed by atoms with Crippen LogP contribution in [0, 0.1) is 5.82 Å². The smallest absolute Gasteiger partial charge is 0.262 e. The van der Waals surface area contributed by atoms with Gasteiger partial charge >= 0.3 is 0 Å². The molecule has 1 aromatic carbocycles. The van der Waals surface area contributed by atoms with Gasteiger partial charge in [0.05, 0.1) is 16.8 Å². The van der Waals surface area contributed by atoms with E-state index in [1.54, 1.807) is 30.6 Å². The first-order chi connectivity index (χ1) is 13.5. The normalized spacial score (nSPS) is 11.1. The Morgan fingerprint density at radius 1 is 1.21 bits per heavy atom. The van der Waals surface area contributed by atoms with Crippen molar-refractivity contribution in [3.05, 3.63) is 57.3 Å². The van der Waals surface area contributed by atoms with Gasteiger partial charge in [-0.25, -0.2) is 14.4 Å². The molecule has 3 aromatic heterocycles. The first-order valence-electron chi connectivity index (χ1n) is 8.09. The van der Waals surface area contributed by atoms with Crippen molar-refractivity contribution in [2.24, 2.45) is 7.05 Å². The first kappa shape index (κ1) is 18.8. The quantitative estimate of drug-likeness (QED) is 0.381. The van der Waals surface area contributed by atoms with Crippen molar-refractivity contribution >= 4 is 55.7 Å². The minimum atomic E-state index is -0.312. The lowest BCUT2D eigenvalue weighted by molar-refractivity contribution is -0.113. The minimum Gasteiger partial charge on any atom is -0.301 e. The van der Waals surface area contributed by atoms with Gasteiger partial charge in [0, 0.05) is 18.0 Å². The predicted octanol–water partition coefficient (Wildman–Crippen LogP) is 3.99. The van der Waals surface area contributed by atoms with Crippen LogP contribution < -0.4 is 10.9 Å². The van der Waals surface area contributed by atoms with Crippen LogP contribution in [0.4, 0.5) is 9.52 Å². The summed E-state index contributed by atoms with van der Waals surface area (Å²) in [6.07, 6.45) is 0. The number of thiazole rings is 1. The summed E-state index contributed by atoms with van der Waals surface area (Å²) < 4.78 is 14.5. The number of halogens is 1. The molecule has 0 saturated carbocycles. The summed E-state index contributed by atoms with van der Waals surface area (Å²) in [4.78, 5) is 34.0. The van der Waals surface area contributed by atoms with Gasteiger partial charge < -0.3 is 5.32 Å². The van der Waals surface area contributed by atoms with Gasteiger partial charge in [0.1, 0.15) is 10.6 Å². The fraction of sp³-hybridized carbons (Fsp3) is 0.111. The van der Waals surface area contributed by atoms with E-state index in [9.17, 15) is 14.0 Å². The van der Waals surface area contributed by atoms with Crippen LogP contribution in [0.2, 0.25) is 0 Å². The van der Waals surface area contributed by atoms with Crippen molar-refractivity contribution < 1.29 is 9.18 Å². The van der Waals surface area contributed by atoms with Crippen LogP contribution in [0.1, 0.15) is 0 Å².